The summed E-state index contributed by atoms with van der Waals surface area (Å²) in [6.07, 6.45) is 2.15. The van der Waals surface area contributed by atoms with Gasteiger partial charge in [-0.2, -0.15) is 0 Å². The van der Waals surface area contributed by atoms with Gasteiger partial charge in [-0.1, -0.05) is 60.2 Å². The van der Waals surface area contributed by atoms with Gasteiger partial charge in [-0.15, -0.1) is 0 Å². The molecule has 0 saturated heterocycles. The molecular formula is C24H23NO. The Bertz CT molecular complexity index is 1030. The maximum atomic E-state index is 6.09. The van der Waals surface area contributed by atoms with Gasteiger partial charge in [0.25, 0.3) is 0 Å². The van der Waals surface area contributed by atoms with Crippen molar-refractivity contribution < 1.29 is 4.74 Å². The third kappa shape index (κ3) is 3.36. The number of hydrogen-bond donors (Lipinski definition) is 0. The molecule has 0 spiro atoms. The second-order valence-electron chi connectivity index (χ2n) is 6.84. The van der Waals surface area contributed by atoms with Crippen LogP contribution in [0.1, 0.15) is 22.3 Å². The van der Waals surface area contributed by atoms with Crippen LogP contribution in [0.4, 0.5) is 0 Å². The number of aryl methyl sites for hydroxylation is 2. The molecule has 0 aliphatic rings. The van der Waals surface area contributed by atoms with Crippen molar-refractivity contribution in [1.82, 2.24) is 4.57 Å². The second-order valence-corrected chi connectivity index (χ2v) is 6.84. The Morgan fingerprint density at radius 1 is 0.846 bits per heavy atom. The first-order chi connectivity index (χ1) is 12.7. The first-order valence-corrected chi connectivity index (χ1v) is 9.01. The normalized spacial score (nSPS) is 11.0. The molecule has 0 fully saturated rings. The molecule has 4 rings (SSSR count). The zero-order chi connectivity index (χ0) is 17.9. The topological polar surface area (TPSA) is 14.2 Å². The molecule has 3 aromatic carbocycles. The predicted molar refractivity (Wildman–Crippen MR) is 108 cm³/mol. The third-order valence-corrected chi connectivity index (χ3v) is 4.85. The van der Waals surface area contributed by atoms with Gasteiger partial charge in [0.1, 0.15) is 12.4 Å². The Morgan fingerprint density at radius 2 is 1.69 bits per heavy atom. The standard InChI is InChI=1S/C24H23NO/c1-18-11-12-21(19(2)15-18)16-25-14-13-22-23(25)9-6-10-24(22)26-17-20-7-4-3-5-8-20/h3-15H,16-17H2,1-2H3. The van der Waals surface area contributed by atoms with Crippen molar-refractivity contribution in [3.8, 4) is 5.75 Å². The summed E-state index contributed by atoms with van der Waals surface area (Å²) in [6.45, 7) is 5.78. The zero-order valence-electron chi connectivity index (χ0n) is 15.3. The average Bonchev–Trinajstić information content (AvgIpc) is 3.07. The van der Waals surface area contributed by atoms with Crippen molar-refractivity contribution in [3.63, 3.8) is 0 Å². The Labute approximate surface area is 154 Å². The quantitative estimate of drug-likeness (QED) is 0.442. The lowest BCUT2D eigenvalue weighted by molar-refractivity contribution is 0.310. The molecule has 2 nitrogen and oxygen atoms in total. The van der Waals surface area contributed by atoms with Gasteiger partial charge in [-0.3, -0.25) is 0 Å². The molecular weight excluding hydrogens is 318 g/mol. The largest absolute Gasteiger partial charge is 0.488 e. The molecule has 0 saturated carbocycles. The van der Waals surface area contributed by atoms with Gasteiger partial charge in [0, 0.05) is 18.1 Å². The van der Waals surface area contributed by atoms with E-state index < -0.39 is 0 Å². The van der Waals surface area contributed by atoms with Crippen LogP contribution < -0.4 is 4.74 Å². The smallest absolute Gasteiger partial charge is 0.129 e. The SMILES string of the molecule is Cc1ccc(Cn2ccc3c(OCc4ccccc4)cccc32)c(C)c1. The Balaban J connectivity index is 1.60. The first kappa shape index (κ1) is 16.5. The molecule has 0 aliphatic carbocycles. The summed E-state index contributed by atoms with van der Waals surface area (Å²) in [5, 5.41) is 1.16. The fraction of sp³-hybridized carbons (Fsp3) is 0.167. The van der Waals surface area contributed by atoms with Crippen LogP contribution in [-0.4, -0.2) is 4.57 Å². The molecule has 0 aliphatic heterocycles. The Hall–Kier alpha value is -3.00. The minimum Gasteiger partial charge on any atom is -0.488 e. The lowest BCUT2D eigenvalue weighted by Crippen LogP contribution is -2.00. The molecule has 0 radical (unpaired) electrons. The van der Waals surface area contributed by atoms with Gasteiger partial charge in [0.2, 0.25) is 0 Å². The van der Waals surface area contributed by atoms with Crippen LogP contribution in [0.5, 0.6) is 5.75 Å². The molecule has 1 heterocycles. The van der Waals surface area contributed by atoms with E-state index in [2.05, 4.69) is 73.1 Å². The van der Waals surface area contributed by atoms with Crippen molar-refractivity contribution in [2.24, 2.45) is 0 Å². The van der Waals surface area contributed by atoms with E-state index in [1.54, 1.807) is 0 Å². The van der Waals surface area contributed by atoms with Crippen LogP contribution in [0.25, 0.3) is 10.9 Å². The molecule has 0 atom stereocenters. The molecule has 0 bridgehead atoms. The van der Waals surface area contributed by atoms with Crippen molar-refractivity contribution in [2.75, 3.05) is 0 Å². The van der Waals surface area contributed by atoms with Gasteiger partial charge in [-0.25, -0.2) is 0 Å². The predicted octanol–water partition coefficient (Wildman–Crippen LogP) is 5.89. The fourth-order valence-electron chi connectivity index (χ4n) is 3.40. The van der Waals surface area contributed by atoms with Crippen LogP contribution in [0.3, 0.4) is 0 Å². The van der Waals surface area contributed by atoms with E-state index in [9.17, 15) is 0 Å². The van der Waals surface area contributed by atoms with E-state index >= 15 is 0 Å². The number of rotatable bonds is 5. The number of ether oxygens (including phenoxy) is 1. The second kappa shape index (κ2) is 7.09. The number of hydrogen-bond acceptors (Lipinski definition) is 1. The lowest BCUT2D eigenvalue weighted by Gasteiger charge is -2.11. The molecule has 130 valence electrons. The summed E-state index contributed by atoms with van der Waals surface area (Å²) >= 11 is 0. The molecule has 1 aromatic heterocycles. The third-order valence-electron chi connectivity index (χ3n) is 4.85. The highest BCUT2D eigenvalue weighted by molar-refractivity contribution is 5.86. The number of aromatic nitrogens is 1. The van der Waals surface area contributed by atoms with E-state index in [0.717, 1.165) is 17.7 Å². The fourth-order valence-corrected chi connectivity index (χ4v) is 3.40. The van der Waals surface area contributed by atoms with E-state index in [1.807, 2.05) is 24.3 Å². The molecule has 0 amide bonds. The maximum absolute atomic E-state index is 6.09. The molecule has 0 unspecified atom stereocenters. The summed E-state index contributed by atoms with van der Waals surface area (Å²) < 4.78 is 8.39. The average molecular weight is 341 g/mol. The van der Waals surface area contributed by atoms with E-state index in [0.29, 0.717) is 6.61 Å². The summed E-state index contributed by atoms with van der Waals surface area (Å²) in [7, 11) is 0. The molecule has 26 heavy (non-hydrogen) atoms. The summed E-state index contributed by atoms with van der Waals surface area (Å²) in [5.74, 6) is 0.936. The van der Waals surface area contributed by atoms with Crippen LogP contribution in [0.2, 0.25) is 0 Å². The molecule has 4 aromatic rings. The van der Waals surface area contributed by atoms with Crippen molar-refractivity contribution in [2.45, 2.75) is 27.0 Å². The number of benzene rings is 3. The monoisotopic (exact) mass is 341 g/mol. The summed E-state index contributed by atoms with van der Waals surface area (Å²) in [5.41, 5.74) is 6.38. The van der Waals surface area contributed by atoms with E-state index in [1.165, 1.54) is 27.8 Å². The van der Waals surface area contributed by atoms with Crippen LogP contribution >= 0.6 is 0 Å². The van der Waals surface area contributed by atoms with Crippen LogP contribution in [0, 0.1) is 13.8 Å². The van der Waals surface area contributed by atoms with E-state index in [-0.39, 0.29) is 0 Å². The van der Waals surface area contributed by atoms with Gasteiger partial charge in [-0.05, 0) is 48.7 Å². The number of nitrogens with zero attached hydrogens (tertiary/aromatic N) is 1. The first-order valence-electron chi connectivity index (χ1n) is 9.01. The minimum atomic E-state index is 0.586. The Kier molecular flexibility index (Phi) is 4.49. The lowest BCUT2D eigenvalue weighted by atomic mass is 10.1. The van der Waals surface area contributed by atoms with Crippen molar-refractivity contribution >= 4 is 10.9 Å². The summed E-state index contributed by atoms with van der Waals surface area (Å²) in [6, 6.07) is 25.4. The maximum Gasteiger partial charge on any atom is 0.129 e. The van der Waals surface area contributed by atoms with Gasteiger partial charge >= 0.3 is 0 Å². The Morgan fingerprint density at radius 3 is 2.50 bits per heavy atom. The molecule has 2 heteroatoms. The highest BCUT2D eigenvalue weighted by atomic mass is 16.5. The van der Waals surface area contributed by atoms with Gasteiger partial charge in [0.05, 0.1) is 5.52 Å². The van der Waals surface area contributed by atoms with Gasteiger partial charge < -0.3 is 9.30 Å². The highest BCUT2D eigenvalue weighted by Gasteiger charge is 2.08. The minimum absolute atomic E-state index is 0.586. The van der Waals surface area contributed by atoms with Crippen molar-refractivity contribution in [3.05, 3.63) is 101 Å². The highest BCUT2D eigenvalue weighted by Crippen LogP contribution is 2.28. The van der Waals surface area contributed by atoms with Crippen LogP contribution in [0.15, 0.2) is 79.0 Å². The van der Waals surface area contributed by atoms with Gasteiger partial charge in [0.15, 0.2) is 0 Å². The van der Waals surface area contributed by atoms with Crippen LogP contribution in [-0.2, 0) is 13.2 Å². The number of fused-ring (bicyclic) bond motifs is 1. The molecule has 0 N–H and O–H groups in total. The van der Waals surface area contributed by atoms with Crippen molar-refractivity contribution in [1.29, 1.82) is 0 Å². The summed E-state index contributed by atoms with van der Waals surface area (Å²) in [4.78, 5) is 0. The van der Waals surface area contributed by atoms with E-state index in [4.69, 9.17) is 4.74 Å². The zero-order valence-corrected chi connectivity index (χ0v) is 15.3.